The molecule has 2 aliphatic rings. The Morgan fingerprint density at radius 2 is 2.05 bits per heavy atom. The van der Waals surface area contributed by atoms with Gasteiger partial charge in [0.15, 0.2) is 5.78 Å². The average Bonchev–Trinajstić information content (AvgIpc) is 3.20. The van der Waals surface area contributed by atoms with E-state index in [1.165, 1.54) is 0 Å². The lowest BCUT2D eigenvalue weighted by atomic mass is 9.75. The second-order valence-corrected chi connectivity index (χ2v) is 5.57. The van der Waals surface area contributed by atoms with E-state index in [0.29, 0.717) is 30.3 Å². The van der Waals surface area contributed by atoms with Crippen LogP contribution < -0.4 is 5.32 Å². The molecule has 0 heterocycles. The largest absolute Gasteiger partial charge is 0.298 e. The van der Waals surface area contributed by atoms with E-state index in [-0.39, 0.29) is 18.2 Å². The van der Waals surface area contributed by atoms with E-state index < -0.39 is 11.9 Å². The summed E-state index contributed by atoms with van der Waals surface area (Å²) in [6.45, 7) is 0. The van der Waals surface area contributed by atoms with Crippen LogP contribution in [-0.4, -0.2) is 11.8 Å². The highest BCUT2D eigenvalue weighted by Crippen LogP contribution is 2.40. The van der Waals surface area contributed by atoms with Gasteiger partial charge in [-0.15, -0.1) is 12.4 Å². The molecule has 104 valence electrons. The SMILES string of the molecule is Cl.[2H]C1([2H])CCC[C@](NC2CC2)(c2ccccc2Cl)C1=O. The molecule has 3 rings (SSSR count). The van der Waals surface area contributed by atoms with Gasteiger partial charge in [-0.2, -0.15) is 0 Å². The average molecular weight is 302 g/mol. The van der Waals surface area contributed by atoms with Gasteiger partial charge in [-0.05, 0) is 37.3 Å². The van der Waals surface area contributed by atoms with Crippen molar-refractivity contribution in [2.75, 3.05) is 0 Å². The molecule has 4 heteroatoms. The fraction of sp³-hybridized carbons (Fsp3) is 0.533. The van der Waals surface area contributed by atoms with Gasteiger partial charge < -0.3 is 0 Å². The number of hydrogen-bond donors (Lipinski definition) is 1. The van der Waals surface area contributed by atoms with Gasteiger partial charge in [0, 0.05) is 20.2 Å². The number of Topliss-reactive ketones (excluding diaryl/α,β-unsaturated/α-hetero) is 1. The normalized spacial score (nSPS) is 31.1. The van der Waals surface area contributed by atoms with Gasteiger partial charge in [0.2, 0.25) is 0 Å². The predicted molar refractivity (Wildman–Crippen MR) is 80.0 cm³/mol. The Morgan fingerprint density at radius 3 is 2.74 bits per heavy atom. The van der Waals surface area contributed by atoms with E-state index in [1.807, 2.05) is 18.2 Å². The number of halogens is 2. The molecule has 2 saturated carbocycles. The van der Waals surface area contributed by atoms with Crippen molar-refractivity contribution < 1.29 is 7.54 Å². The lowest BCUT2D eigenvalue weighted by Crippen LogP contribution is -2.52. The van der Waals surface area contributed by atoms with Gasteiger partial charge >= 0.3 is 0 Å². The Labute approximate surface area is 128 Å². The maximum atomic E-state index is 12.8. The minimum Gasteiger partial charge on any atom is -0.298 e. The molecule has 1 N–H and O–H groups in total. The number of ketones is 1. The van der Waals surface area contributed by atoms with E-state index in [1.54, 1.807) is 6.07 Å². The Bertz CT molecular complexity index is 548. The summed E-state index contributed by atoms with van der Waals surface area (Å²) >= 11 is 6.29. The molecule has 0 saturated heterocycles. The Kier molecular flexibility index (Phi) is 3.74. The summed E-state index contributed by atoms with van der Waals surface area (Å²) in [5.41, 5.74) is -0.233. The third kappa shape index (κ3) is 2.81. The first-order valence-electron chi connectivity index (χ1n) is 7.53. The number of hydrogen-bond acceptors (Lipinski definition) is 2. The van der Waals surface area contributed by atoms with Crippen LogP contribution in [0.4, 0.5) is 0 Å². The van der Waals surface area contributed by atoms with Crippen molar-refractivity contribution in [2.24, 2.45) is 0 Å². The standard InChI is InChI=1S/C15H18ClNO.ClH/c16-13-6-2-1-5-12(13)15(17-11-8-9-11)10-4-3-7-14(15)18;/h1-2,5-6,11,17H,3-4,7-10H2;1H/t15-;/m0./s1/i7D2;. The third-order valence-corrected chi connectivity index (χ3v) is 4.09. The minimum atomic E-state index is -1.78. The summed E-state index contributed by atoms with van der Waals surface area (Å²) in [6.07, 6.45) is 1.91. The summed E-state index contributed by atoms with van der Waals surface area (Å²) in [5.74, 6) is -0.365. The summed E-state index contributed by atoms with van der Waals surface area (Å²) in [5, 5.41) is 3.93. The van der Waals surface area contributed by atoms with Crippen LogP contribution in [0.15, 0.2) is 24.3 Å². The van der Waals surface area contributed by atoms with Crippen LogP contribution in [0.25, 0.3) is 0 Å². The fourth-order valence-electron chi connectivity index (χ4n) is 2.68. The molecule has 0 bridgehead atoms. The summed E-state index contributed by atoms with van der Waals surface area (Å²) < 4.78 is 16.0. The van der Waals surface area contributed by atoms with E-state index in [0.717, 1.165) is 18.4 Å². The van der Waals surface area contributed by atoms with Crippen molar-refractivity contribution in [3.8, 4) is 0 Å². The summed E-state index contributed by atoms with van der Waals surface area (Å²) in [6, 6.07) is 7.61. The topological polar surface area (TPSA) is 29.1 Å². The highest BCUT2D eigenvalue weighted by atomic mass is 35.5. The molecule has 2 aliphatic carbocycles. The molecule has 1 atom stereocenters. The third-order valence-electron chi connectivity index (χ3n) is 3.76. The van der Waals surface area contributed by atoms with Crippen molar-refractivity contribution in [2.45, 2.75) is 50.1 Å². The highest BCUT2D eigenvalue weighted by molar-refractivity contribution is 6.31. The van der Waals surface area contributed by atoms with Crippen LogP contribution in [0.5, 0.6) is 0 Å². The second kappa shape index (κ2) is 5.82. The Balaban J connectivity index is 0.00000161. The first-order valence-corrected chi connectivity index (χ1v) is 6.91. The van der Waals surface area contributed by atoms with Crippen LogP contribution in [0.1, 0.15) is 46.8 Å². The minimum absolute atomic E-state index is 0. The van der Waals surface area contributed by atoms with Gasteiger partial charge in [-0.3, -0.25) is 10.1 Å². The van der Waals surface area contributed by atoms with Crippen LogP contribution in [0, 0.1) is 0 Å². The number of nitrogens with one attached hydrogen (secondary N) is 1. The quantitative estimate of drug-likeness (QED) is 0.919. The molecule has 0 aliphatic heterocycles. The molecule has 0 amide bonds. The van der Waals surface area contributed by atoms with Gasteiger partial charge in [0.25, 0.3) is 0 Å². The number of carbonyl (C=O) groups excluding carboxylic acids is 1. The Morgan fingerprint density at radius 1 is 1.32 bits per heavy atom. The van der Waals surface area contributed by atoms with E-state index in [2.05, 4.69) is 5.32 Å². The summed E-state index contributed by atoms with van der Waals surface area (Å²) in [7, 11) is 0. The van der Waals surface area contributed by atoms with Crippen molar-refractivity contribution in [1.82, 2.24) is 5.32 Å². The monoisotopic (exact) mass is 301 g/mol. The van der Waals surface area contributed by atoms with Gasteiger partial charge in [-0.25, -0.2) is 0 Å². The molecular formula is C15H19Cl2NO. The van der Waals surface area contributed by atoms with E-state index >= 15 is 0 Å². The molecular weight excluding hydrogens is 281 g/mol. The fourth-order valence-corrected chi connectivity index (χ4v) is 2.97. The first-order chi connectivity index (χ1) is 9.46. The maximum absolute atomic E-state index is 12.8. The molecule has 19 heavy (non-hydrogen) atoms. The molecule has 1 aromatic carbocycles. The van der Waals surface area contributed by atoms with Crippen molar-refractivity contribution in [3.05, 3.63) is 34.9 Å². The second-order valence-electron chi connectivity index (χ2n) is 5.16. The zero-order chi connectivity index (χ0) is 14.4. The predicted octanol–water partition coefficient (Wildman–Crippen LogP) is 3.85. The number of carbonyl (C=O) groups is 1. The van der Waals surface area contributed by atoms with Crippen LogP contribution in [0.2, 0.25) is 5.02 Å². The zero-order valence-corrected chi connectivity index (χ0v) is 12.2. The van der Waals surface area contributed by atoms with Gasteiger partial charge in [0.05, 0.1) is 0 Å². The zero-order valence-electron chi connectivity index (χ0n) is 12.6. The van der Waals surface area contributed by atoms with E-state index in [4.69, 9.17) is 14.3 Å². The molecule has 0 aromatic heterocycles. The molecule has 0 radical (unpaired) electrons. The number of rotatable bonds is 3. The first kappa shape index (κ1) is 12.2. The van der Waals surface area contributed by atoms with Crippen molar-refractivity contribution >= 4 is 29.8 Å². The van der Waals surface area contributed by atoms with Crippen molar-refractivity contribution in [3.63, 3.8) is 0 Å². The van der Waals surface area contributed by atoms with Crippen LogP contribution >= 0.6 is 24.0 Å². The van der Waals surface area contributed by atoms with Gasteiger partial charge in [-0.1, -0.05) is 36.2 Å². The smallest absolute Gasteiger partial charge is 0.157 e. The van der Waals surface area contributed by atoms with Crippen molar-refractivity contribution in [1.29, 1.82) is 0 Å². The lowest BCUT2D eigenvalue weighted by Gasteiger charge is -2.38. The molecule has 0 spiro atoms. The number of benzene rings is 1. The van der Waals surface area contributed by atoms with Crippen LogP contribution in [0.3, 0.4) is 0 Å². The Hall–Kier alpha value is -0.570. The maximum Gasteiger partial charge on any atom is 0.157 e. The lowest BCUT2D eigenvalue weighted by molar-refractivity contribution is -0.128. The van der Waals surface area contributed by atoms with E-state index in [9.17, 15) is 4.79 Å². The summed E-state index contributed by atoms with van der Waals surface area (Å²) in [4.78, 5) is 12.8. The highest BCUT2D eigenvalue weighted by Gasteiger charge is 2.45. The van der Waals surface area contributed by atoms with Crippen LogP contribution in [-0.2, 0) is 10.3 Å². The molecule has 2 nitrogen and oxygen atoms in total. The van der Waals surface area contributed by atoms with Gasteiger partial charge in [0.1, 0.15) is 5.54 Å². The molecule has 1 aromatic rings. The molecule has 2 fully saturated rings. The molecule has 0 unspecified atom stereocenters.